The number of hydrogen-bond donors (Lipinski definition) is 1. The van der Waals surface area contributed by atoms with Gasteiger partial charge in [-0.2, -0.15) is 0 Å². The Labute approximate surface area is 193 Å². The number of hydrogen-bond acceptors (Lipinski definition) is 6. The number of halogens is 1. The van der Waals surface area contributed by atoms with Crippen molar-refractivity contribution in [2.45, 2.75) is 6.92 Å². The highest BCUT2D eigenvalue weighted by molar-refractivity contribution is 6.39. The number of furan rings is 1. The van der Waals surface area contributed by atoms with Crippen LogP contribution in [0, 0.1) is 6.92 Å². The van der Waals surface area contributed by atoms with Crippen LogP contribution in [-0.2, 0) is 14.3 Å². The van der Waals surface area contributed by atoms with Crippen LogP contribution in [0.2, 0.25) is 5.02 Å². The topological polar surface area (TPSA) is 106 Å². The zero-order chi connectivity index (χ0) is 23.7. The van der Waals surface area contributed by atoms with Crippen LogP contribution in [-0.4, -0.2) is 30.9 Å². The van der Waals surface area contributed by atoms with Gasteiger partial charge in [-0.1, -0.05) is 29.3 Å². The van der Waals surface area contributed by atoms with Gasteiger partial charge in [0.25, 0.3) is 11.8 Å². The summed E-state index contributed by atoms with van der Waals surface area (Å²) >= 11 is 6.25. The molecule has 1 fully saturated rings. The Morgan fingerprint density at radius 3 is 2.48 bits per heavy atom. The average Bonchev–Trinajstić information content (AvgIpc) is 3.26. The Morgan fingerprint density at radius 1 is 1.06 bits per heavy atom. The highest BCUT2D eigenvalue weighted by Crippen LogP contribution is 2.31. The molecule has 1 saturated heterocycles. The number of methoxy groups -OCH3 is 1. The summed E-state index contributed by atoms with van der Waals surface area (Å²) in [4.78, 5) is 50.4. The van der Waals surface area contributed by atoms with Gasteiger partial charge >= 0.3 is 12.0 Å². The van der Waals surface area contributed by atoms with E-state index in [0.29, 0.717) is 22.0 Å². The zero-order valence-corrected chi connectivity index (χ0v) is 18.3. The fraction of sp³-hybridized carbons (Fsp3) is 0.0833. The molecule has 0 spiro atoms. The van der Waals surface area contributed by atoms with Crippen molar-refractivity contribution in [2.24, 2.45) is 0 Å². The number of carbonyl (C=O) groups excluding carboxylic acids is 4. The molecule has 1 aliphatic rings. The van der Waals surface area contributed by atoms with Crippen molar-refractivity contribution < 1.29 is 28.3 Å². The second kappa shape index (κ2) is 8.76. The Kier molecular flexibility index (Phi) is 5.85. The molecule has 9 heteroatoms. The predicted octanol–water partition coefficient (Wildman–Crippen LogP) is 4.36. The van der Waals surface area contributed by atoms with E-state index < -0.39 is 23.8 Å². The number of nitrogens with zero attached hydrogens (tertiary/aromatic N) is 1. The van der Waals surface area contributed by atoms with Gasteiger partial charge in [0.2, 0.25) is 0 Å². The lowest BCUT2D eigenvalue weighted by Gasteiger charge is -2.26. The van der Waals surface area contributed by atoms with Gasteiger partial charge in [-0.3, -0.25) is 14.9 Å². The number of urea groups is 1. The fourth-order valence-corrected chi connectivity index (χ4v) is 3.47. The lowest BCUT2D eigenvalue weighted by atomic mass is 10.1. The Balaban J connectivity index is 1.68. The van der Waals surface area contributed by atoms with E-state index in [1.165, 1.54) is 37.5 Å². The summed E-state index contributed by atoms with van der Waals surface area (Å²) in [5.74, 6) is -1.66. The molecular formula is C24H17ClN2O6. The summed E-state index contributed by atoms with van der Waals surface area (Å²) in [6.07, 6.45) is 1.24. The number of benzene rings is 2. The number of imide groups is 2. The van der Waals surface area contributed by atoms with Crippen molar-refractivity contribution in [3.05, 3.63) is 82.1 Å². The van der Waals surface area contributed by atoms with Crippen molar-refractivity contribution in [3.63, 3.8) is 0 Å². The molecule has 4 rings (SSSR count). The Morgan fingerprint density at radius 2 is 1.79 bits per heavy atom. The minimum Gasteiger partial charge on any atom is -0.465 e. The molecule has 8 nitrogen and oxygen atoms in total. The van der Waals surface area contributed by atoms with Crippen LogP contribution in [0.25, 0.3) is 17.4 Å². The standard InChI is InChI=1S/C24H17ClN2O6/c1-13-3-6-15(7-4-13)27-22(29)18(21(28)26-24(27)31)12-16-8-10-20(33-16)17-11-14(23(30)32-2)5-9-19(17)25/h3-12H,1-2H3,(H,26,28,31)/b18-12+. The normalized spacial score (nSPS) is 15.1. The minimum atomic E-state index is -0.836. The molecule has 0 saturated carbocycles. The molecule has 2 aromatic carbocycles. The van der Waals surface area contributed by atoms with Gasteiger partial charge in [0.1, 0.15) is 17.1 Å². The van der Waals surface area contributed by atoms with E-state index in [-0.39, 0.29) is 16.9 Å². The Hall–Kier alpha value is -4.17. The maximum Gasteiger partial charge on any atom is 0.337 e. The second-order valence-corrected chi connectivity index (χ2v) is 7.59. The van der Waals surface area contributed by atoms with E-state index in [0.717, 1.165) is 10.5 Å². The van der Waals surface area contributed by atoms with Crippen molar-refractivity contribution in [1.29, 1.82) is 0 Å². The number of nitrogens with one attached hydrogen (secondary N) is 1. The summed E-state index contributed by atoms with van der Waals surface area (Å²) in [5, 5.41) is 2.49. The molecule has 3 aromatic rings. The molecule has 0 unspecified atom stereocenters. The van der Waals surface area contributed by atoms with Gasteiger partial charge in [0.05, 0.1) is 23.4 Å². The van der Waals surface area contributed by atoms with Gasteiger partial charge < -0.3 is 9.15 Å². The number of esters is 1. The predicted molar refractivity (Wildman–Crippen MR) is 121 cm³/mol. The molecule has 0 aliphatic carbocycles. The van der Waals surface area contributed by atoms with E-state index in [1.54, 1.807) is 30.3 Å². The summed E-state index contributed by atoms with van der Waals surface area (Å²) in [7, 11) is 1.27. The maximum atomic E-state index is 13.0. The van der Waals surface area contributed by atoms with Crippen LogP contribution >= 0.6 is 11.6 Å². The van der Waals surface area contributed by atoms with Crippen LogP contribution in [0.3, 0.4) is 0 Å². The first-order valence-corrected chi connectivity index (χ1v) is 10.1. The molecule has 0 radical (unpaired) electrons. The van der Waals surface area contributed by atoms with Crippen LogP contribution in [0.5, 0.6) is 0 Å². The summed E-state index contributed by atoms with van der Waals surface area (Å²) in [6.45, 7) is 1.87. The molecule has 0 bridgehead atoms. The molecular weight excluding hydrogens is 448 g/mol. The number of rotatable bonds is 4. The van der Waals surface area contributed by atoms with Crippen molar-refractivity contribution in [1.82, 2.24) is 5.32 Å². The van der Waals surface area contributed by atoms with Crippen molar-refractivity contribution in [2.75, 3.05) is 12.0 Å². The third-order valence-electron chi connectivity index (χ3n) is 4.96. The molecule has 166 valence electrons. The van der Waals surface area contributed by atoms with Crippen LogP contribution in [0.1, 0.15) is 21.7 Å². The van der Waals surface area contributed by atoms with E-state index in [4.69, 9.17) is 20.8 Å². The quantitative estimate of drug-likeness (QED) is 0.349. The SMILES string of the molecule is COC(=O)c1ccc(Cl)c(-c2ccc(/C=C3\C(=O)NC(=O)N(c4ccc(C)cc4)C3=O)o2)c1. The van der Waals surface area contributed by atoms with E-state index in [2.05, 4.69) is 5.32 Å². The number of amides is 4. The summed E-state index contributed by atoms with van der Waals surface area (Å²) < 4.78 is 10.5. The highest BCUT2D eigenvalue weighted by atomic mass is 35.5. The number of carbonyl (C=O) groups is 4. The summed E-state index contributed by atoms with van der Waals surface area (Å²) in [6, 6.07) is 13.6. The summed E-state index contributed by atoms with van der Waals surface area (Å²) in [5.41, 5.74) is 1.72. The first kappa shape index (κ1) is 22.0. The van der Waals surface area contributed by atoms with E-state index >= 15 is 0 Å². The number of ether oxygens (including phenoxy) is 1. The van der Waals surface area contributed by atoms with E-state index in [9.17, 15) is 19.2 Å². The molecule has 1 aliphatic heterocycles. The molecule has 33 heavy (non-hydrogen) atoms. The second-order valence-electron chi connectivity index (χ2n) is 7.18. The average molecular weight is 465 g/mol. The van der Waals surface area contributed by atoms with Gasteiger partial charge in [-0.25, -0.2) is 14.5 Å². The van der Waals surface area contributed by atoms with Crippen molar-refractivity contribution >= 4 is 47.2 Å². The van der Waals surface area contributed by atoms with Crippen LogP contribution in [0.4, 0.5) is 10.5 Å². The van der Waals surface area contributed by atoms with Crippen molar-refractivity contribution in [3.8, 4) is 11.3 Å². The first-order valence-electron chi connectivity index (χ1n) is 9.74. The number of anilines is 1. The van der Waals surface area contributed by atoms with E-state index in [1.807, 2.05) is 6.92 Å². The van der Waals surface area contributed by atoms with Crippen LogP contribution < -0.4 is 10.2 Å². The third-order valence-corrected chi connectivity index (χ3v) is 5.29. The van der Waals surface area contributed by atoms with Gasteiger partial charge in [0.15, 0.2) is 0 Å². The minimum absolute atomic E-state index is 0.182. The lowest BCUT2D eigenvalue weighted by molar-refractivity contribution is -0.122. The van der Waals surface area contributed by atoms with Crippen LogP contribution in [0.15, 0.2) is 64.6 Å². The monoisotopic (exact) mass is 464 g/mol. The number of aryl methyl sites for hydroxylation is 1. The Bertz CT molecular complexity index is 1320. The molecule has 2 heterocycles. The molecule has 4 amide bonds. The zero-order valence-electron chi connectivity index (χ0n) is 17.5. The molecule has 0 atom stereocenters. The number of barbiturate groups is 1. The molecule has 1 aromatic heterocycles. The molecule has 1 N–H and O–H groups in total. The lowest BCUT2D eigenvalue weighted by Crippen LogP contribution is -2.54. The van der Waals surface area contributed by atoms with Gasteiger partial charge in [0, 0.05) is 5.56 Å². The van der Waals surface area contributed by atoms with Gasteiger partial charge in [-0.15, -0.1) is 0 Å². The smallest absolute Gasteiger partial charge is 0.337 e. The first-order chi connectivity index (χ1) is 15.8. The highest BCUT2D eigenvalue weighted by Gasteiger charge is 2.37. The maximum absolute atomic E-state index is 13.0. The fourth-order valence-electron chi connectivity index (χ4n) is 3.26. The largest absolute Gasteiger partial charge is 0.465 e. The third kappa shape index (κ3) is 4.28. The van der Waals surface area contributed by atoms with Gasteiger partial charge in [-0.05, 0) is 55.5 Å².